The van der Waals surface area contributed by atoms with Gasteiger partial charge in [-0.05, 0) is 80.8 Å². The molecule has 0 saturated carbocycles. The number of halogens is 1. The van der Waals surface area contributed by atoms with Crippen molar-refractivity contribution in [2.75, 3.05) is 11.4 Å². The Morgan fingerprint density at radius 3 is 2.53 bits per heavy atom. The summed E-state index contributed by atoms with van der Waals surface area (Å²) in [6.45, 7) is 10.0. The molecule has 4 nitrogen and oxygen atoms in total. The van der Waals surface area contributed by atoms with E-state index in [-0.39, 0.29) is 5.78 Å². The molecule has 0 unspecified atom stereocenters. The number of carbonyl (C=O) groups excluding carboxylic acids is 1. The highest BCUT2D eigenvalue weighted by atomic mass is 35.5. The number of imidazole rings is 1. The number of fused-ring (bicyclic) bond motifs is 3. The van der Waals surface area contributed by atoms with Crippen molar-refractivity contribution in [1.29, 1.82) is 0 Å². The number of ketones is 1. The fraction of sp³-hybridized carbons (Fsp3) is 0.440. The third-order valence-electron chi connectivity index (χ3n) is 6.43. The number of anilines is 2. The second-order valence-corrected chi connectivity index (χ2v) is 8.73. The lowest BCUT2D eigenvalue weighted by Crippen LogP contribution is -2.21. The van der Waals surface area contributed by atoms with Crippen molar-refractivity contribution in [3.8, 4) is 0 Å². The van der Waals surface area contributed by atoms with Gasteiger partial charge in [-0.25, -0.2) is 4.98 Å². The fourth-order valence-corrected chi connectivity index (χ4v) is 4.94. The van der Waals surface area contributed by atoms with Crippen molar-refractivity contribution in [1.82, 2.24) is 9.55 Å². The number of aryl methyl sites for hydroxylation is 2. The predicted octanol–water partition coefficient (Wildman–Crippen LogP) is 7.04. The molecule has 1 aliphatic rings. The molecule has 1 aromatic heterocycles. The highest BCUT2D eigenvalue weighted by Crippen LogP contribution is 2.39. The average molecular weight is 424 g/mol. The molecule has 0 aliphatic carbocycles. The molecule has 0 atom stereocenters. The zero-order valence-electron chi connectivity index (χ0n) is 18.3. The maximum absolute atomic E-state index is 11.8. The summed E-state index contributed by atoms with van der Waals surface area (Å²) >= 11 is 6.63. The van der Waals surface area contributed by atoms with Crippen LogP contribution in [0, 0.1) is 6.92 Å². The molecule has 2 heterocycles. The zero-order valence-corrected chi connectivity index (χ0v) is 19.1. The Bertz CT molecular complexity index is 1100. The third-order valence-corrected chi connectivity index (χ3v) is 6.74. The van der Waals surface area contributed by atoms with Crippen molar-refractivity contribution in [3.63, 3.8) is 0 Å². The van der Waals surface area contributed by atoms with E-state index < -0.39 is 0 Å². The van der Waals surface area contributed by atoms with E-state index in [0.717, 1.165) is 67.1 Å². The summed E-state index contributed by atoms with van der Waals surface area (Å²) in [6, 6.07) is 10.2. The Morgan fingerprint density at radius 2 is 1.87 bits per heavy atom. The van der Waals surface area contributed by atoms with Crippen LogP contribution in [0.3, 0.4) is 0 Å². The van der Waals surface area contributed by atoms with Crippen LogP contribution in [0.1, 0.15) is 73.9 Å². The van der Waals surface area contributed by atoms with Crippen molar-refractivity contribution in [2.45, 2.75) is 65.8 Å². The summed E-state index contributed by atoms with van der Waals surface area (Å²) in [5.41, 5.74) is 6.40. The monoisotopic (exact) mass is 423 g/mol. The van der Waals surface area contributed by atoms with Crippen LogP contribution in [0.5, 0.6) is 0 Å². The van der Waals surface area contributed by atoms with Gasteiger partial charge in [0, 0.05) is 24.3 Å². The largest absolute Gasteiger partial charge is 0.312 e. The molecule has 0 fully saturated rings. The highest BCUT2D eigenvalue weighted by molar-refractivity contribution is 6.35. The Hall–Kier alpha value is -2.33. The molecular formula is C25H30ClN3O. The Balaban J connectivity index is 1.93. The normalized spacial score (nSPS) is 14.3. The first-order chi connectivity index (χ1) is 14.5. The second kappa shape index (κ2) is 8.43. The fourth-order valence-electron chi connectivity index (χ4n) is 4.74. The highest BCUT2D eigenvalue weighted by Gasteiger charge is 2.26. The topological polar surface area (TPSA) is 38.1 Å². The Kier molecular flexibility index (Phi) is 5.88. The summed E-state index contributed by atoms with van der Waals surface area (Å²) in [4.78, 5) is 19.2. The van der Waals surface area contributed by atoms with Crippen molar-refractivity contribution in [2.24, 2.45) is 0 Å². The number of rotatable bonds is 5. The van der Waals surface area contributed by atoms with Crippen LogP contribution in [0.4, 0.5) is 11.6 Å². The van der Waals surface area contributed by atoms with Crippen LogP contribution >= 0.6 is 11.6 Å². The number of hydrogen-bond acceptors (Lipinski definition) is 3. The molecule has 4 rings (SSSR count). The van der Waals surface area contributed by atoms with Gasteiger partial charge >= 0.3 is 0 Å². The molecule has 5 heteroatoms. The molecule has 0 N–H and O–H groups in total. The number of carbonyl (C=O) groups is 1. The molecule has 30 heavy (non-hydrogen) atoms. The molecule has 0 spiro atoms. The van der Waals surface area contributed by atoms with Crippen LogP contribution in [0.15, 0.2) is 30.3 Å². The SMILES string of the molecule is CCC(CC)c1ccc(Cl)c2nc3n(c12)CCCCN3c1ccc(C(C)=O)cc1C. The maximum atomic E-state index is 11.8. The molecule has 0 bridgehead atoms. The number of aromatic nitrogens is 2. The van der Waals surface area contributed by atoms with Gasteiger partial charge in [0.1, 0.15) is 5.52 Å². The van der Waals surface area contributed by atoms with Gasteiger partial charge in [0.2, 0.25) is 5.95 Å². The minimum Gasteiger partial charge on any atom is -0.312 e. The lowest BCUT2D eigenvalue weighted by atomic mass is 9.93. The van der Waals surface area contributed by atoms with Gasteiger partial charge in [-0.1, -0.05) is 31.5 Å². The number of benzene rings is 2. The van der Waals surface area contributed by atoms with Crippen molar-refractivity contribution < 1.29 is 4.79 Å². The summed E-state index contributed by atoms with van der Waals surface area (Å²) in [6.07, 6.45) is 4.40. The lowest BCUT2D eigenvalue weighted by Gasteiger charge is -2.24. The molecule has 0 amide bonds. The van der Waals surface area contributed by atoms with Gasteiger partial charge < -0.3 is 9.47 Å². The van der Waals surface area contributed by atoms with Crippen molar-refractivity contribution in [3.05, 3.63) is 52.0 Å². The van der Waals surface area contributed by atoms with E-state index in [1.165, 1.54) is 11.1 Å². The van der Waals surface area contributed by atoms with Gasteiger partial charge in [-0.3, -0.25) is 4.79 Å². The molecule has 158 valence electrons. The number of hydrogen-bond donors (Lipinski definition) is 0. The standard InChI is InChI=1S/C25H30ClN3O/c1-5-18(6-2)20-10-11-21(26)23-24(20)29-14-8-7-13-28(25(29)27-23)22-12-9-19(17(4)30)15-16(22)3/h9-12,15,18H,5-8,13-14H2,1-4H3. The van der Waals surface area contributed by atoms with E-state index in [2.05, 4.69) is 42.4 Å². The van der Waals surface area contributed by atoms with Gasteiger partial charge in [0.05, 0.1) is 10.5 Å². The van der Waals surface area contributed by atoms with E-state index in [4.69, 9.17) is 16.6 Å². The van der Waals surface area contributed by atoms with Gasteiger partial charge in [-0.2, -0.15) is 0 Å². The van der Waals surface area contributed by atoms with E-state index >= 15 is 0 Å². The minimum atomic E-state index is 0.0920. The summed E-state index contributed by atoms with van der Waals surface area (Å²) in [5, 5.41) is 0.712. The third kappa shape index (κ3) is 3.51. The van der Waals surface area contributed by atoms with E-state index in [9.17, 15) is 4.79 Å². The molecule has 1 aliphatic heterocycles. The van der Waals surface area contributed by atoms with Crippen LogP contribution in [0.25, 0.3) is 11.0 Å². The quantitative estimate of drug-likeness (QED) is 0.413. The van der Waals surface area contributed by atoms with Crippen LogP contribution in [-0.2, 0) is 6.54 Å². The number of nitrogens with zero attached hydrogens (tertiary/aromatic N) is 3. The van der Waals surface area contributed by atoms with E-state index in [1.807, 2.05) is 18.2 Å². The first-order valence-electron chi connectivity index (χ1n) is 11.0. The first-order valence-corrected chi connectivity index (χ1v) is 11.4. The summed E-state index contributed by atoms with van der Waals surface area (Å²) in [7, 11) is 0. The van der Waals surface area contributed by atoms with Gasteiger partial charge in [0.25, 0.3) is 0 Å². The first kappa shape index (κ1) is 20.9. The minimum absolute atomic E-state index is 0.0920. The average Bonchev–Trinajstić information content (AvgIpc) is 2.99. The predicted molar refractivity (Wildman–Crippen MR) is 125 cm³/mol. The lowest BCUT2D eigenvalue weighted by molar-refractivity contribution is 0.101. The van der Waals surface area contributed by atoms with Crippen LogP contribution < -0.4 is 4.90 Å². The molecule has 2 aromatic carbocycles. The second-order valence-electron chi connectivity index (χ2n) is 8.33. The summed E-state index contributed by atoms with van der Waals surface area (Å²) < 4.78 is 2.38. The maximum Gasteiger partial charge on any atom is 0.211 e. The van der Waals surface area contributed by atoms with Crippen LogP contribution in [-0.4, -0.2) is 21.9 Å². The van der Waals surface area contributed by atoms with Gasteiger partial charge in [-0.15, -0.1) is 0 Å². The Labute approximate surface area is 183 Å². The smallest absolute Gasteiger partial charge is 0.211 e. The molecular weight excluding hydrogens is 394 g/mol. The molecule has 0 saturated heterocycles. The molecule has 3 aromatic rings. The molecule has 0 radical (unpaired) electrons. The van der Waals surface area contributed by atoms with E-state index in [0.29, 0.717) is 10.9 Å². The van der Waals surface area contributed by atoms with Crippen LogP contribution in [0.2, 0.25) is 5.02 Å². The van der Waals surface area contributed by atoms with E-state index in [1.54, 1.807) is 6.92 Å². The zero-order chi connectivity index (χ0) is 21.4. The summed E-state index contributed by atoms with van der Waals surface area (Å²) in [5.74, 6) is 1.55. The van der Waals surface area contributed by atoms with Gasteiger partial charge in [0.15, 0.2) is 5.78 Å². The Morgan fingerprint density at radius 1 is 1.13 bits per heavy atom. The number of Topliss-reactive ketones (excluding diaryl/α,β-unsaturated/α-hetero) is 1. The van der Waals surface area contributed by atoms with Crippen molar-refractivity contribution >= 4 is 40.1 Å².